The van der Waals surface area contributed by atoms with Gasteiger partial charge in [0, 0.05) is 22.8 Å². The molecule has 0 amide bonds. The Kier molecular flexibility index (Phi) is 4.36. The Labute approximate surface area is 115 Å². The van der Waals surface area contributed by atoms with Gasteiger partial charge in [0.2, 0.25) is 5.16 Å². The SMILES string of the molecule is CCC(N)C(Sc1nnnn1C)c1ccc(C)s1. The average Bonchev–Trinajstić information content (AvgIpc) is 2.94. The Hall–Kier alpha value is -0.920. The third-order valence-electron chi connectivity index (χ3n) is 2.72. The molecule has 0 bridgehead atoms. The van der Waals surface area contributed by atoms with Gasteiger partial charge in [-0.15, -0.1) is 16.4 Å². The molecule has 0 saturated heterocycles. The predicted octanol–water partition coefficient (Wildman–Crippen LogP) is 2.15. The molecular weight excluding hydrogens is 266 g/mol. The summed E-state index contributed by atoms with van der Waals surface area (Å²) in [6, 6.07) is 4.38. The number of aromatic nitrogens is 4. The molecule has 0 aliphatic heterocycles. The van der Waals surface area contributed by atoms with Crippen LogP contribution in [0.4, 0.5) is 0 Å². The molecule has 2 heterocycles. The van der Waals surface area contributed by atoms with Crippen molar-refractivity contribution in [2.75, 3.05) is 0 Å². The van der Waals surface area contributed by atoms with E-state index in [1.807, 2.05) is 7.05 Å². The third-order valence-corrected chi connectivity index (χ3v) is 5.36. The van der Waals surface area contributed by atoms with Crippen molar-refractivity contribution >= 4 is 23.1 Å². The van der Waals surface area contributed by atoms with Crippen LogP contribution < -0.4 is 5.73 Å². The van der Waals surface area contributed by atoms with Crippen molar-refractivity contribution in [1.82, 2.24) is 20.2 Å². The minimum Gasteiger partial charge on any atom is -0.326 e. The van der Waals surface area contributed by atoms with Gasteiger partial charge in [0.25, 0.3) is 0 Å². The number of thioether (sulfide) groups is 1. The van der Waals surface area contributed by atoms with Gasteiger partial charge in [0.15, 0.2) is 0 Å². The molecule has 0 aliphatic carbocycles. The monoisotopic (exact) mass is 283 g/mol. The van der Waals surface area contributed by atoms with E-state index in [0.29, 0.717) is 0 Å². The second-order valence-corrected chi connectivity index (χ2v) is 6.57. The molecule has 0 spiro atoms. The summed E-state index contributed by atoms with van der Waals surface area (Å²) in [5.74, 6) is 0. The molecule has 2 rings (SSSR count). The summed E-state index contributed by atoms with van der Waals surface area (Å²) in [6.07, 6.45) is 0.930. The number of nitrogens with two attached hydrogens (primary N) is 1. The van der Waals surface area contributed by atoms with Crippen LogP contribution in [-0.2, 0) is 7.05 Å². The first-order valence-corrected chi connectivity index (χ1v) is 7.52. The zero-order valence-corrected chi connectivity index (χ0v) is 12.3. The fraction of sp³-hybridized carbons (Fsp3) is 0.545. The third kappa shape index (κ3) is 2.90. The van der Waals surface area contributed by atoms with Crippen LogP contribution in [0.15, 0.2) is 17.3 Å². The Morgan fingerprint density at radius 3 is 2.78 bits per heavy atom. The first-order valence-electron chi connectivity index (χ1n) is 5.82. The molecule has 2 aromatic heterocycles. The van der Waals surface area contributed by atoms with Crippen molar-refractivity contribution in [3.63, 3.8) is 0 Å². The van der Waals surface area contributed by atoms with Crippen LogP contribution in [0.25, 0.3) is 0 Å². The molecule has 2 N–H and O–H groups in total. The predicted molar refractivity (Wildman–Crippen MR) is 74.7 cm³/mol. The highest BCUT2D eigenvalue weighted by atomic mass is 32.2. The molecule has 2 atom stereocenters. The molecule has 0 radical (unpaired) electrons. The summed E-state index contributed by atoms with van der Waals surface area (Å²) < 4.78 is 1.68. The van der Waals surface area contributed by atoms with Gasteiger partial charge in [0.1, 0.15) is 0 Å². The van der Waals surface area contributed by atoms with Crippen molar-refractivity contribution in [2.24, 2.45) is 12.8 Å². The average molecular weight is 283 g/mol. The first kappa shape index (κ1) is 13.5. The van der Waals surface area contributed by atoms with Crippen LogP contribution in [0.3, 0.4) is 0 Å². The van der Waals surface area contributed by atoms with E-state index in [1.54, 1.807) is 27.8 Å². The summed E-state index contributed by atoms with van der Waals surface area (Å²) in [6.45, 7) is 4.21. The van der Waals surface area contributed by atoms with Gasteiger partial charge < -0.3 is 5.73 Å². The van der Waals surface area contributed by atoms with E-state index < -0.39 is 0 Å². The van der Waals surface area contributed by atoms with Crippen LogP contribution >= 0.6 is 23.1 Å². The Morgan fingerprint density at radius 2 is 2.28 bits per heavy atom. The van der Waals surface area contributed by atoms with Gasteiger partial charge in [-0.05, 0) is 35.9 Å². The quantitative estimate of drug-likeness (QED) is 0.851. The molecule has 0 saturated carbocycles. The van der Waals surface area contributed by atoms with Crippen LogP contribution in [0.5, 0.6) is 0 Å². The first-order chi connectivity index (χ1) is 8.61. The topological polar surface area (TPSA) is 69.6 Å². The van der Waals surface area contributed by atoms with E-state index in [-0.39, 0.29) is 11.3 Å². The summed E-state index contributed by atoms with van der Waals surface area (Å²) >= 11 is 3.42. The standard InChI is InChI=1S/C11H17N5S2/c1-4-8(12)10(9-6-5-7(2)17-9)18-11-13-14-15-16(11)3/h5-6,8,10H,4,12H2,1-3H3. The van der Waals surface area contributed by atoms with Crippen LogP contribution in [0, 0.1) is 6.92 Å². The fourth-order valence-corrected chi connectivity index (χ4v) is 3.90. The highest BCUT2D eigenvalue weighted by molar-refractivity contribution is 7.99. The maximum Gasteiger partial charge on any atom is 0.209 e. The maximum atomic E-state index is 6.23. The van der Waals surface area contributed by atoms with Gasteiger partial charge in [-0.25, -0.2) is 4.68 Å². The molecule has 7 heteroatoms. The summed E-state index contributed by atoms with van der Waals surface area (Å²) in [4.78, 5) is 2.59. The second-order valence-electron chi connectivity index (χ2n) is 4.14. The molecule has 0 aromatic carbocycles. The number of hydrogen-bond acceptors (Lipinski definition) is 6. The fourth-order valence-electron chi connectivity index (χ4n) is 1.61. The second kappa shape index (κ2) is 5.81. The smallest absolute Gasteiger partial charge is 0.209 e. The van der Waals surface area contributed by atoms with Crippen molar-refractivity contribution in [3.8, 4) is 0 Å². The number of aryl methyl sites for hydroxylation is 2. The van der Waals surface area contributed by atoms with Crippen LogP contribution in [0.2, 0.25) is 0 Å². The van der Waals surface area contributed by atoms with Gasteiger partial charge in [0.05, 0.1) is 5.25 Å². The molecule has 0 aliphatic rings. The zero-order chi connectivity index (χ0) is 13.1. The number of tetrazole rings is 1. The van der Waals surface area contributed by atoms with E-state index in [2.05, 4.69) is 41.5 Å². The summed E-state index contributed by atoms with van der Waals surface area (Å²) in [5, 5.41) is 12.5. The van der Waals surface area contributed by atoms with E-state index in [9.17, 15) is 0 Å². The van der Waals surface area contributed by atoms with E-state index in [1.165, 1.54) is 9.75 Å². The summed E-state index contributed by atoms with van der Waals surface area (Å²) in [5.41, 5.74) is 6.23. The molecule has 2 unspecified atom stereocenters. The van der Waals surface area contributed by atoms with Gasteiger partial charge in [-0.1, -0.05) is 18.7 Å². The normalized spacial score (nSPS) is 14.7. The minimum absolute atomic E-state index is 0.102. The Morgan fingerprint density at radius 1 is 1.50 bits per heavy atom. The summed E-state index contributed by atoms with van der Waals surface area (Å²) in [7, 11) is 1.84. The van der Waals surface area contributed by atoms with Crippen LogP contribution in [-0.4, -0.2) is 26.2 Å². The largest absolute Gasteiger partial charge is 0.326 e. The minimum atomic E-state index is 0.102. The van der Waals surface area contributed by atoms with E-state index >= 15 is 0 Å². The number of hydrogen-bond donors (Lipinski definition) is 1. The van der Waals surface area contributed by atoms with Gasteiger partial charge >= 0.3 is 0 Å². The van der Waals surface area contributed by atoms with Crippen molar-refractivity contribution in [3.05, 3.63) is 21.9 Å². The lowest BCUT2D eigenvalue weighted by molar-refractivity contribution is 0.629. The molecular formula is C11H17N5S2. The van der Waals surface area contributed by atoms with Crippen molar-refractivity contribution in [1.29, 1.82) is 0 Å². The van der Waals surface area contributed by atoms with Gasteiger partial charge in [-0.3, -0.25) is 0 Å². The Balaban J connectivity index is 2.23. The lowest BCUT2D eigenvalue weighted by atomic mass is 10.1. The van der Waals surface area contributed by atoms with E-state index in [4.69, 9.17) is 5.73 Å². The van der Waals surface area contributed by atoms with Crippen molar-refractivity contribution in [2.45, 2.75) is 36.7 Å². The lowest BCUT2D eigenvalue weighted by Crippen LogP contribution is -2.25. The number of rotatable bonds is 5. The van der Waals surface area contributed by atoms with E-state index in [0.717, 1.165) is 11.6 Å². The maximum absolute atomic E-state index is 6.23. The molecule has 0 fully saturated rings. The highest BCUT2D eigenvalue weighted by Crippen LogP contribution is 2.39. The van der Waals surface area contributed by atoms with Crippen molar-refractivity contribution < 1.29 is 0 Å². The lowest BCUT2D eigenvalue weighted by Gasteiger charge is -2.20. The van der Waals surface area contributed by atoms with Crippen LogP contribution in [0.1, 0.15) is 28.3 Å². The highest BCUT2D eigenvalue weighted by Gasteiger charge is 2.23. The molecule has 5 nitrogen and oxygen atoms in total. The van der Waals surface area contributed by atoms with Gasteiger partial charge in [-0.2, -0.15) is 0 Å². The Bertz CT molecular complexity index is 507. The number of thiophene rings is 1. The molecule has 2 aromatic rings. The molecule has 18 heavy (non-hydrogen) atoms. The number of nitrogens with zero attached hydrogens (tertiary/aromatic N) is 4. The zero-order valence-electron chi connectivity index (χ0n) is 10.7. The molecule has 98 valence electrons.